The van der Waals surface area contributed by atoms with E-state index in [4.69, 9.17) is 18.9 Å². The molecule has 2 saturated heterocycles. The van der Waals surface area contributed by atoms with Gasteiger partial charge in [0.15, 0.2) is 17.3 Å². The van der Waals surface area contributed by atoms with E-state index in [-0.39, 0.29) is 23.8 Å². The molecule has 6 heteroatoms. The lowest BCUT2D eigenvalue weighted by atomic mass is 9.86. The lowest BCUT2D eigenvalue weighted by Gasteiger charge is -2.34. The Labute approximate surface area is 197 Å². The normalized spacial score (nSPS) is 26.0. The molecule has 0 bridgehead atoms. The van der Waals surface area contributed by atoms with E-state index in [0.717, 1.165) is 36.1 Å². The number of phenols is 1. The summed E-state index contributed by atoms with van der Waals surface area (Å²) in [5.41, 5.74) is 3.02. The number of ether oxygens (including phenoxy) is 4. The summed E-state index contributed by atoms with van der Waals surface area (Å²) in [4.78, 5) is 2.32. The molecular formula is C27H37NO5. The second kappa shape index (κ2) is 10.4. The second-order valence-electron chi connectivity index (χ2n) is 9.42. The molecule has 0 radical (unpaired) electrons. The fraction of sp³-hybridized carbons (Fsp3) is 0.556. The third-order valence-corrected chi connectivity index (χ3v) is 7.27. The van der Waals surface area contributed by atoms with Gasteiger partial charge in [-0.3, -0.25) is 0 Å². The topological polar surface area (TPSA) is 60.4 Å². The van der Waals surface area contributed by atoms with Crippen molar-refractivity contribution in [3.05, 3.63) is 59.2 Å². The molecule has 0 aromatic heterocycles. The second-order valence-corrected chi connectivity index (χ2v) is 9.42. The van der Waals surface area contributed by atoms with Crippen molar-refractivity contribution in [3.63, 3.8) is 0 Å². The SMILES string of the molecule is CO[C@@H]1CCC2(CC(c3c(C)ccc(OCc4ccccc4)c3O)CN(C)[C@@H]1C)OCCO2. The van der Waals surface area contributed by atoms with E-state index in [1.54, 1.807) is 7.11 Å². The van der Waals surface area contributed by atoms with Gasteiger partial charge in [-0.25, -0.2) is 0 Å². The number of aromatic hydroxyl groups is 1. The Kier molecular flexibility index (Phi) is 7.59. The van der Waals surface area contributed by atoms with Crippen LogP contribution in [-0.2, 0) is 20.8 Å². The summed E-state index contributed by atoms with van der Waals surface area (Å²) in [6.07, 6.45) is 2.40. The Morgan fingerprint density at radius 3 is 2.55 bits per heavy atom. The zero-order valence-electron chi connectivity index (χ0n) is 20.3. The zero-order chi connectivity index (χ0) is 23.4. The van der Waals surface area contributed by atoms with E-state index in [0.29, 0.717) is 32.0 Å². The van der Waals surface area contributed by atoms with Crippen LogP contribution in [-0.4, -0.2) is 61.9 Å². The van der Waals surface area contributed by atoms with Gasteiger partial charge in [-0.1, -0.05) is 36.4 Å². The molecule has 2 heterocycles. The predicted octanol–water partition coefficient (Wildman–Crippen LogP) is 4.63. The number of nitrogens with zero attached hydrogens (tertiary/aromatic N) is 1. The Balaban J connectivity index is 1.65. The van der Waals surface area contributed by atoms with Gasteiger partial charge in [-0.15, -0.1) is 0 Å². The molecule has 2 fully saturated rings. The van der Waals surface area contributed by atoms with Gasteiger partial charge in [0.2, 0.25) is 0 Å². The first-order chi connectivity index (χ1) is 15.9. The summed E-state index contributed by atoms with van der Waals surface area (Å²) in [5.74, 6) is 0.0952. The van der Waals surface area contributed by atoms with Crippen LogP contribution in [0.2, 0.25) is 0 Å². The Morgan fingerprint density at radius 2 is 1.85 bits per heavy atom. The Morgan fingerprint density at radius 1 is 1.12 bits per heavy atom. The first kappa shape index (κ1) is 24.0. The van der Waals surface area contributed by atoms with Crippen LogP contribution in [0.5, 0.6) is 11.5 Å². The van der Waals surface area contributed by atoms with Gasteiger partial charge in [-0.05, 0) is 44.5 Å². The summed E-state index contributed by atoms with van der Waals surface area (Å²) in [7, 11) is 3.90. The fourth-order valence-corrected chi connectivity index (χ4v) is 5.27. The molecule has 1 spiro atoms. The molecule has 4 rings (SSSR count). The van der Waals surface area contributed by atoms with Crippen molar-refractivity contribution < 1.29 is 24.1 Å². The standard InChI is InChI=1S/C27H37NO5/c1-19-10-11-24(31-18-21-8-6-5-7-9-21)26(29)25(19)22-16-27(32-14-15-33-27)13-12-23(30-4)20(2)28(3)17-22/h5-11,20,22-23,29H,12-18H2,1-4H3/t20-,22?,23-/m1/s1. The van der Waals surface area contributed by atoms with Crippen LogP contribution in [0, 0.1) is 6.92 Å². The van der Waals surface area contributed by atoms with Crippen LogP contribution in [0.25, 0.3) is 0 Å². The summed E-state index contributed by atoms with van der Waals surface area (Å²) in [6, 6.07) is 14.1. The van der Waals surface area contributed by atoms with Crippen LogP contribution in [0.4, 0.5) is 0 Å². The van der Waals surface area contributed by atoms with E-state index < -0.39 is 5.79 Å². The maximum Gasteiger partial charge on any atom is 0.169 e. The van der Waals surface area contributed by atoms with Crippen LogP contribution in [0.3, 0.4) is 0 Å². The van der Waals surface area contributed by atoms with Crippen molar-refractivity contribution in [2.24, 2.45) is 0 Å². The molecular weight excluding hydrogens is 418 g/mol. The number of hydrogen-bond acceptors (Lipinski definition) is 6. The quantitative estimate of drug-likeness (QED) is 0.710. The minimum atomic E-state index is -0.647. The molecule has 2 aliphatic heterocycles. The monoisotopic (exact) mass is 455 g/mol. The summed E-state index contributed by atoms with van der Waals surface area (Å²) >= 11 is 0. The molecule has 2 aromatic carbocycles. The smallest absolute Gasteiger partial charge is 0.169 e. The summed E-state index contributed by atoms with van der Waals surface area (Å²) < 4.78 is 24.3. The highest BCUT2D eigenvalue weighted by atomic mass is 16.7. The minimum Gasteiger partial charge on any atom is -0.504 e. The van der Waals surface area contributed by atoms with Gasteiger partial charge in [0.05, 0.1) is 19.3 Å². The van der Waals surface area contributed by atoms with Gasteiger partial charge >= 0.3 is 0 Å². The van der Waals surface area contributed by atoms with Gasteiger partial charge in [-0.2, -0.15) is 0 Å². The Bertz CT molecular complexity index is 912. The first-order valence-corrected chi connectivity index (χ1v) is 11.9. The molecule has 2 aromatic rings. The maximum atomic E-state index is 11.4. The minimum absolute atomic E-state index is 0.0198. The zero-order valence-corrected chi connectivity index (χ0v) is 20.3. The number of rotatable bonds is 5. The lowest BCUT2D eigenvalue weighted by Crippen LogP contribution is -2.41. The first-order valence-electron chi connectivity index (χ1n) is 11.9. The highest BCUT2D eigenvalue weighted by Crippen LogP contribution is 2.44. The molecule has 3 atom stereocenters. The van der Waals surface area contributed by atoms with Crippen LogP contribution in [0.15, 0.2) is 42.5 Å². The summed E-state index contributed by atoms with van der Waals surface area (Å²) in [6.45, 7) is 6.61. The number of likely N-dealkylation sites (N-methyl/N-ethyl adjacent to an activating group) is 1. The number of methoxy groups -OCH3 is 1. The highest BCUT2D eigenvalue weighted by molar-refractivity contribution is 5.51. The maximum absolute atomic E-state index is 11.4. The largest absolute Gasteiger partial charge is 0.504 e. The van der Waals surface area contributed by atoms with Crippen molar-refractivity contribution in [1.82, 2.24) is 4.90 Å². The molecule has 0 saturated carbocycles. The van der Waals surface area contributed by atoms with Gasteiger partial charge in [0.1, 0.15) is 6.61 Å². The van der Waals surface area contributed by atoms with Crippen LogP contribution >= 0.6 is 0 Å². The van der Waals surface area contributed by atoms with Crippen molar-refractivity contribution >= 4 is 0 Å². The molecule has 6 nitrogen and oxygen atoms in total. The van der Waals surface area contributed by atoms with Crippen molar-refractivity contribution in [2.45, 2.75) is 63.6 Å². The molecule has 180 valence electrons. The van der Waals surface area contributed by atoms with E-state index in [1.807, 2.05) is 49.4 Å². The molecule has 1 unspecified atom stereocenters. The van der Waals surface area contributed by atoms with Crippen molar-refractivity contribution in [1.29, 1.82) is 0 Å². The number of benzene rings is 2. The van der Waals surface area contributed by atoms with Crippen molar-refractivity contribution in [2.75, 3.05) is 33.9 Å². The molecule has 0 amide bonds. The highest BCUT2D eigenvalue weighted by Gasteiger charge is 2.43. The summed E-state index contributed by atoms with van der Waals surface area (Å²) in [5, 5.41) is 11.4. The van der Waals surface area contributed by atoms with E-state index >= 15 is 0 Å². The molecule has 33 heavy (non-hydrogen) atoms. The van der Waals surface area contributed by atoms with Crippen LogP contribution in [0.1, 0.15) is 48.8 Å². The van der Waals surface area contributed by atoms with Crippen molar-refractivity contribution in [3.8, 4) is 11.5 Å². The van der Waals surface area contributed by atoms with E-state index in [2.05, 4.69) is 18.9 Å². The predicted molar refractivity (Wildman–Crippen MR) is 128 cm³/mol. The lowest BCUT2D eigenvalue weighted by molar-refractivity contribution is -0.173. The Hall–Kier alpha value is -2.12. The van der Waals surface area contributed by atoms with E-state index in [1.165, 1.54) is 0 Å². The molecule has 0 aliphatic carbocycles. The fourth-order valence-electron chi connectivity index (χ4n) is 5.27. The van der Waals surface area contributed by atoms with Gasteiger partial charge in [0.25, 0.3) is 0 Å². The number of phenolic OH excluding ortho intramolecular Hbond substituents is 1. The van der Waals surface area contributed by atoms with Gasteiger partial charge in [0, 0.05) is 44.0 Å². The van der Waals surface area contributed by atoms with Crippen LogP contribution < -0.4 is 4.74 Å². The molecule has 2 aliphatic rings. The average Bonchev–Trinajstić information content (AvgIpc) is 3.28. The van der Waals surface area contributed by atoms with Gasteiger partial charge < -0.3 is 29.0 Å². The number of hydrogen-bond donors (Lipinski definition) is 1. The molecule has 1 N–H and O–H groups in total. The average molecular weight is 456 g/mol. The third kappa shape index (κ3) is 5.35. The third-order valence-electron chi connectivity index (χ3n) is 7.27. The number of aryl methyl sites for hydroxylation is 1. The van der Waals surface area contributed by atoms with E-state index in [9.17, 15) is 5.11 Å².